The predicted octanol–water partition coefficient (Wildman–Crippen LogP) is 5.47. The first kappa shape index (κ1) is 26.5. The molecule has 0 spiro atoms. The van der Waals surface area contributed by atoms with E-state index in [1.165, 1.54) is 19.2 Å². The number of anilines is 1. The fraction of sp³-hybridized carbons (Fsp3) is 0.440. The lowest BCUT2D eigenvalue weighted by Crippen LogP contribution is -2.41. The second-order valence-corrected chi connectivity index (χ2v) is 10.8. The standard InChI is InChI=1S/C25H28F2N4O5S/c1-25(2,3)36-24(34)30-11-5-6-15(30)13-31-17-8-7-14(22(33)35-4)12-16(17)28-23(31)29-21(32)19-10-9-18(37-19)20(26)27/h7-10,12,15,20H,5-6,11,13H2,1-4H3,(H,28,29,32)/t15-/m1/s1. The van der Waals surface area contributed by atoms with Gasteiger partial charge in [-0.15, -0.1) is 11.3 Å². The van der Waals surface area contributed by atoms with Crippen LogP contribution in [0.25, 0.3) is 11.0 Å². The number of methoxy groups -OCH3 is 1. The molecule has 2 amide bonds. The third kappa shape index (κ3) is 5.90. The van der Waals surface area contributed by atoms with E-state index in [1.54, 1.807) is 48.4 Å². The van der Waals surface area contributed by atoms with Gasteiger partial charge < -0.3 is 18.9 Å². The number of hydrogen-bond donors (Lipinski definition) is 1. The van der Waals surface area contributed by atoms with Gasteiger partial charge in [0.1, 0.15) is 5.60 Å². The lowest BCUT2D eigenvalue weighted by Gasteiger charge is -2.29. The Morgan fingerprint density at radius 1 is 1.22 bits per heavy atom. The Morgan fingerprint density at radius 2 is 1.97 bits per heavy atom. The van der Waals surface area contributed by atoms with Crippen LogP contribution in [0.2, 0.25) is 0 Å². The summed E-state index contributed by atoms with van der Waals surface area (Å²) in [7, 11) is 1.27. The van der Waals surface area contributed by atoms with Gasteiger partial charge in [0.15, 0.2) is 0 Å². The van der Waals surface area contributed by atoms with Crippen LogP contribution in [0.15, 0.2) is 30.3 Å². The van der Waals surface area contributed by atoms with Crippen molar-refractivity contribution in [1.82, 2.24) is 14.5 Å². The largest absolute Gasteiger partial charge is 0.465 e. The van der Waals surface area contributed by atoms with E-state index in [1.807, 2.05) is 0 Å². The van der Waals surface area contributed by atoms with E-state index in [-0.39, 0.29) is 27.3 Å². The quantitative estimate of drug-likeness (QED) is 0.421. The Kier molecular flexibility index (Phi) is 7.49. The maximum atomic E-state index is 13.0. The number of benzene rings is 1. The predicted molar refractivity (Wildman–Crippen MR) is 134 cm³/mol. The van der Waals surface area contributed by atoms with Crippen molar-refractivity contribution in [1.29, 1.82) is 0 Å². The summed E-state index contributed by atoms with van der Waals surface area (Å²) in [5, 5.41) is 2.72. The molecule has 37 heavy (non-hydrogen) atoms. The third-order valence-corrected chi connectivity index (χ3v) is 6.95. The van der Waals surface area contributed by atoms with Crippen LogP contribution < -0.4 is 5.32 Å². The maximum Gasteiger partial charge on any atom is 0.410 e. The molecule has 2 aromatic heterocycles. The van der Waals surface area contributed by atoms with E-state index in [0.29, 0.717) is 35.5 Å². The zero-order valence-electron chi connectivity index (χ0n) is 20.9. The van der Waals surface area contributed by atoms with Gasteiger partial charge in [0.25, 0.3) is 12.3 Å². The molecule has 198 valence electrons. The molecule has 1 aliphatic rings. The van der Waals surface area contributed by atoms with Crippen molar-refractivity contribution < 1.29 is 32.6 Å². The highest BCUT2D eigenvalue weighted by Gasteiger charge is 2.33. The monoisotopic (exact) mass is 534 g/mol. The fourth-order valence-electron chi connectivity index (χ4n) is 4.21. The molecule has 1 atom stereocenters. The van der Waals surface area contributed by atoms with Gasteiger partial charge in [-0.05, 0) is 63.9 Å². The Labute approximate surface area is 216 Å². The number of rotatable bonds is 6. The Morgan fingerprint density at radius 3 is 2.62 bits per heavy atom. The third-order valence-electron chi connectivity index (χ3n) is 5.86. The highest BCUT2D eigenvalue weighted by Crippen LogP contribution is 2.30. The van der Waals surface area contributed by atoms with Crippen molar-refractivity contribution in [3.63, 3.8) is 0 Å². The van der Waals surface area contributed by atoms with Crippen LogP contribution in [0.3, 0.4) is 0 Å². The molecule has 4 rings (SSSR count). The van der Waals surface area contributed by atoms with Crippen LogP contribution in [-0.4, -0.2) is 57.7 Å². The first-order chi connectivity index (χ1) is 17.5. The number of likely N-dealkylation sites (tertiary alicyclic amines) is 1. The number of aromatic nitrogens is 2. The molecule has 0 bridgehead atoms. The Balaban J connectivity index is 1.68. The summed E-state index contributed by atoms with van der Waals surface area (Å²) in [6, 6.07) is 7.16. The van der Waals surface area contributed by atoms with Crippen LogP contribution in [0, 0.1) is 0 Å². The van der Waals surface area contributed by atoms with Crippen molar-refractivity contribution in [3.8, 4) is 0 Å². The van der Waals surface area contributed by atoms with Crippen LogP contribution in [-0.2, 0) is 16.0 Å². The molecule has 3 aromatic rings. The topological polar surface area (TPSA) is 103 Å². The molecule has 0 radical (unpaired) electrons. The van der Waals surface area contributed by atoms with E-state index >= 15 is 0 Å². The number of halogens is 2. The van der Waals surface area contributed by atoms with Gasteiger partial charge in [0.05, 0.1) is 39.5 Å². The normalized spacial score (nSPS) is 15.9. The highest BCUT2D eigenvalue weighted by molar-refractivity contribution is 7.14. The van der Waals surface area contributed by atoms with Gasteiger partial charge in [-0.2, -0.15) is 0 Å². The molecular weight excluding hydrogens is 506 g/mol. The van der Waals surface area contributed by atoms with E-state index < -0.39 is 30.0 Å². The van der Waals surface area contributed by atoms with E-state index in [4.69, 9.17) is 9.47 Å². The van der Waals surface area contributed by atoms with Gasteiger partial charge in [-0.1, -0.05) is 0 Å². The number of nitrogens with zero attached hydrogens (tertiary/aromatic N) is 3. The molecule has 12 heteroatoms. The maximum absolute atomic E-state index is 13.0. The molecule has 1 N–H and O–H groups in total. The molecule has 0 saturated carbocycles. The van der Waals surface area contributed by atoms with Crippen molar-refractivity contribution in [3.05, 3.63) is 45.6 Å². The average Bonchev–Trinajstić information content (AvgIpc) is 3.56. The average molecular weight is 535 g/mol. The number of imidazole rings is 1. The molecular formula is C25H28F2N4O5S. The summed E-state index contributed by atoms with van der Waals surface area (Å²) in [6.45, 7) is 6.24. The van der Waals surface area contributed by atoms with Crippen molar-refractivity contribution >= 4 is 46.3 Å². The van der Waals surface area contributed by atoms with Crippen LogP contribution in [0.1, 0.15) is 64.9 Å². The lowest BCUT2D eigenvalue weighted by atomic mass is 10.2. The molecule has 1 saturated heterocycles. The number of hydrogen-bond acceptors (Lipinski definition) is 7. The second-order valence-electron chi connectivity index (χ2n) is 9.67. The summed E-state index contributed by atoms with van der Waals surface area (Å²) in [5.41, 5.74) is 0.694. The van der Waals surface area contributed by atoms with E-state index in [2.05, 4.69) is 10.3 Å². The van der Waals surface area contributed by atoms with Gasteiger partial charge in [-0.3, -0.25) is 10.1 Å². The number of carbonyl (C=O) groups is 3. The molecule has 0 aliphatic carbocycles. The summed E-state index contributed by atoms with van der Waals surface area (Å²) < 4.78 is 38.2. The molecule has 0 unspecified atom stereocenters. The number of nitrogens with one attached hydrogen (secondary N) is 1. The van der Waals surface area contributed by atoms with Crippen LogP contribution >= 0.6 is 11.3 Å². The summed E-state index contributed by atoms with van der Waals surface area (Å²) in [4.78, 5) is 43.8. The Bertz CT molecular complexity index is 1330. The Hall–Kier alpha value is -3.54. The highest BCUT2D eigenvalue weighted by atomic mass is 32.1. The SMILES string of the molecule is COC(=O)c1ccc2c(c1)nc(NC(=O)c1ccc(C(F)F)s1)n2C[C@H]1CCCN1C(=O)OC(C)(C)C. The number of ether oxygens (including phenoxy) is 2. The number of thiophene rings is 1. The molecule has 1 aromatic carbocycles. The van der Waals surface area contributed by atoms with Crippen molar-refractivity contribution in [2.24, 2.45) is 0 Å². The van der Waals surface area contributed by atoms with Gasteiger partial charge >= 0.3 is 12.1 Å². The fourth-order valence-corrected chi connectivity index (χ4v) is 4.97. The molecule has 3 heterocycles. The van der Waals surface area contributed by atoms with Crippen molar-refractivity contribution in [2.45, 2.75) is 58.2 Å². The number of alkyl halides is 2. The number of esters is 1. The van der Waals surface area contributed by atoms with Crippen LogP contribution in [0.4, 0.5) is 19.5 Å². The zero-order chi connectivity index (χ0) is 26.9. The van der Waals surface area contributed by atoms with Gasteiger partial charge in [-0.25, -0.2) is 23.4 Å². The van der Waals surface area contributed by atoms with Crippen LogP contribution in [0.5, 0.6) is 0 Å². The second kappa shape index (κ2) is 10.4. The summed E-state index contributed by atoms with van der Waals surface area (Å²) in [5.74, 6) is -0.950. The molecule has 1 fully saturated rings. The molecule has 1 aliphatic heterocycles. The first-order valence-corrected chi connectivity index (χ1v) is 12.6. The summed E-state index contributed by atoms with van der Waals surface area (Å²) >= 11 is 0.703. The number of fused-ring (bicyclic) bond motifs is 1. The first-order valence-electron chi connectivity index (χ1n) is 11.7. The summed E-state index contributed by atoms with van der Waals surface area (Å²) in [6.07, 6.45) is -1.59. The minimum atomic E-state index is -2.67. The zero-order valence-corrected chi connectivity index (χ0v) is 21.7. The van der Waals surface area contributed by atoms with Crippen molar-refractivity contribution in [2.75, 3.05) is 19.0 Å². The number of amides is 2. The lowest BCUT2D eigenvalue weighted by molar-refractivity contribution is 0.0214. The van der Waals surface area contributed by atoms with Gasteiger partial charge in [0.2, 0.25) is 5.95 Å². The smallest absolute Gasteiger partial charge is 0.410 e. The van der Waals surface area contributed by atoms with E-state index in [0.717, 1.165) is 12.8 Å². The number of carbonyl (C=O) groups excluding carboxylic acids is 3. The molecule has 9 nitrogen and oxygen atoms in total. The van der Waals surface area contributed by atoms with E-state index in [9.17, 15) is 23.2 Å². The minimum absolute atomic E-state index is 0.111. The minimum Gasteiger partial charge on any atom is -0.465 e. The van der Waals surface area contributed by atoms with Gasteiger partial charge in [0, 0.05) is 13.1 Å².